The second-order valence-electron chi connectivity index (χ2n) is 3.69. The van der Waals surface area contributed by atoms with Crippen molar-refractivity contribution in [1.82, 2.24) is 25.6 Å². The van der Waals surface area contributed by atoms with Crippen LogP contribution < -0.4 is 5.32 Å². The number of Topliss-reactive ketones (excluding diaryl/α,β-unsaturated/α-hetero) is 1. The second kappa shape index (κ2) is 5.10. The highest BCUT2D eigenvalue weighted by Crippen LogP contribution is 2.26. The fourth-order valence-corrected chi connectivity index (χ4v) is 2.31. The molecule has 100 valence electrons. The fourth-order valence-electron chi connectivity index (χ4n) is 1.37. The molecule has 1 atom stereocenters. The molecule has 2 rings (SSSR count). The van der Waals surface area contributed by atoms with E-state index in [2.05, 4.69) is 30.9 Å². The topological polar surface area (TPSA) is 134 Å². The molecule has 19 heavy (non-hydrogen) atoms. The quantitative estimate of drug-likeness (QED) is 0.683. The molecule has 9 nitrogen and oxygen atoms in total. The molecule has 0 spiro atoms. The number of rotatable bonds is 5. The van der Waals surface area contributed by atoms with Gasteiger partial charge in [-0.1, -0.05) is 16.6 Å². The number of carboxylic acids is 1. The zero-order chi connectivity index (χ0) is 14.0. The zero-order valence-electron chi connectivity index (χ0n) is 10.0. The number of nitrogens with zero attached hydrogens (tertiary/aromatic N) is 4. The van der Waals surface area contributed by atoms with E-state index in [1.165, 1.54) is 6.92 Å². The van der Waals surface area contributed by atoms with Gasteiger partial charge in [-0.3, -0.25) is 4.79 Å². The van der Waals surface area contributed by atoms with Gasteiger partial charge in [-0.25, -0.2) is 9.78 Å². The number of aromatic carboxylic acids is 1. The van der Waals surface area contributed by atoms with Gasteiger partial charge in [0.25, 0.3) is 0 Å². The number of ketones is 1. The molecule has 0 saturated carbocycles. The average Bonchev–Trinajstić information content (AvgIpc) is 2.97. The lowest BCUT2D eigenvalue weighted by Crippen LogP contribution is -2.09. The third-order valence-corrected chi connectivity index (χ3v) is 3.33. The van der Waals surface area contributed by atoms with Crippen LogP contribution in [0.5, 0.6) is 0 Å². The Balaban J connectivity index is 2.24. The first-order chi connectivity index (χ1) is 8.99. The first kappa shape index (κ1) is 13.1. The normalized spacial score (nSPS) is 12.1. The summed E-state index contributed by atoms with van der Waals surface area (Å²) in [5, 5.41) is 25.5. The second-order valence-corrected chi connectivity index (χ2v) is 4.69. The van der Waals surface area contributed by atoms with Crippen LogP contribution in [0, 0.1) is 0 Å². The van der Waals surface area contributed by atoms with Gasteiger partial charge in [0.05, 0.1) is 6.04 Å². The Bertz CT molecular complexity index is 576. The average molecular weight is 282 g/mol. The molecule has 1 unspecified atom stereocenters. The maximum Gasteiger partial charge on any atom is 0.356 e. The molecular weight excluding hydrogens is 272 g/mol. The number of carbonyl (C=O) groups excluding carboxylic acids is 1. The van der Waals surface area contributed by atoms with E-state index in [4.69, 9.17) is 5.11 Å². The minimum absolute atomic E-state index is 0.107. The van der Waals surface area contributed by atoms with Crippen LogP contribution in [0.2, 0.25) is 0 Å². The van der Waals surface area contributed by atoms with Crippen molar-refractivity contribution >= 4 is 28.2 Å². The summed E-state index contributed by atoms with van der Waals surface area (Å²) in [5.74, 6) is -1.16. The SMILES string of the molecule is CC(=O)c1sc(NC(C)c2nn[nH]n2)nc1C(=O)O. The number of H-pyrrole nitrogens is 1. The van der Waals surface area contributed by atoms with E-state index in [0.717, 1.165) is 11.3 Å². The van der Waals surface area contributed by atoms with E-state index in [0.29, 0.717) is 11.0 Å². The maximum atomic E-state index is 11.3. The number of tetrazole rings is 1. The molecule has 0 radical (unpaired) electrons. The molecule has 2 aromatic heterocycles. The minimum atomic E-state index is -1.23. The van der Waals surface area contributed by atoms with Crippen molar-refractivity contribution in [2.45, 2.75) is 19.9 Å². The number of aromatic amines is 1. The molecule has 0 amide bonds. The lowest BCUT2D eigenvalue weighted by atomic mass is 10.3. The van der Waals surface area contributed by atoms with Crippen LogP contribution in [0.25, 0.3) is 0 Å². The van der Waals surface area contributed by atoms with E-state index >= 15 is 0 Å². The van der Waals surface area contributed by atoms with Crippen LogP contribution in [0.1, 0.15) is 45.9 Å². The highest BCUT2D eigenvalue weighted by atomic mass is 32.1. The van der Waals surface area contributed by atoms with E-state index in [9.17, 15) is 9.59 Å². The highest BCUT2D eigenvalue weighted by molar-refractivity contribution is 7.17. The third-order valence-electron chi connectivity index (χ3n) is 2.24. The predicted molar refractivity (Wildman–Crippen MR) is 65.3 cm³/mol. The Morgan fingerprint density at radius 2 is 2.21 bits per heavy atom. The van der Waals surface area contributed by atoms with Crippen molar-refractivity contribution in [3.8, 4) is 0 Å². The molecule has 0 fully saturated rings. The molecule has 2 aromatic rings. The van der Waals surface area contributed by atoms with Gasteiger partial charge >= 0.3 is 5.97 Å². The minimum Gasteiger partial charge on any atom is -0.476 e. The highest BCUT2D eigenvalue weighted by Gasteiger charge is 2.22. The fraction of sp³-hybridized carbons (Fsp3) is 0.333. The molecule has 10 heteroatoms. The van der Waals surface area contributed by atoms with Crippen molar-refractivity contribution in [2.24, 2.45) is 0 Å². The van der Waals surface area contributed by atoms with Crippen molar-refractivity contribution in [2.75, 3.05) is 5.32 Å². The standard InChI is InChI=1S/C9H10N6O3S/c1-3(7-12-14-15-13-7)10-9-11-5(8(17)18)6(19-9)4(2)16/h3H,1-2H3,(H,10,11)(H,17,18)(H,12,13,14,15). The Labute approximate surface area is 111 Å². The molecule has 3 N–H and O–H groups in total. The van der Waals surface area contributed by atoms with Crippen LogP contribution >= 0.6 is 11.3 Å². The van der Waals surface area contributed by atoms with Gasteiger partial charge in [0, 0.05) is 6.92 Å². The first-order valence-corrected chi connectivity index (χ1v) is 6.05. The largest absolute Gasteiger partial charge is 0.476 e. The van der Waals surface area contributed by atoms with E-state index < -0.39 is 5.97 Å². The monoisotopic (exact) mass is 282 g/mol. The maximum absolute atomic E-state index is 11.3. The van der Waals surface area contributed by atoms with E-state index in [1.807, 2.05) is 0 Å². The van der Waals surface area contributed by atoms with Gasteiger partial charge in [0.2, 0.25) is 0 Å². The predicted octanol–water partition coefficient (Wildman–Crippen LogP) is 0.730. The zero-order valence-corrected chi connectivity index (χ0v) is 10.9. The Hall–Kier alpha value is -2.36. The molecule has 0 bridgehead atoms. The molecule has 0 aliphatic heterocycles. The lowest BCUT2D eigenvalue weighted by molar-refractivity contribution is 0.0687. The molecule has 0 aliphatic carbocycles. The molecular formula is C9H10N6O3S. The van der Waals surface area contributed by atoms with Gasteiger partial charge in [-0.15, -0.1) is 10.2 Å². The first-order valence-electron chi connectivity index (χ1n) is 5.24. The lowest BCUT2D eigenvalue weighted by Gasteiger charge is -2.06. The summed E-state index contributed by atoms with van der Waals surface area (Å²) in [6, 6.07) is -0.314. The van der Waals surface area contributed by atoms with Crippen LogP contribution in [0.3, 0.4) is 0 Å². The van der Waals surface area contributed by atoms with Crippen LogP contribution in [0.15, 0.2) is 0 Å². The van der Waals surface area contributed by atoms with Gasteiger partial charge in [0.15, 0.2) is 22.4 Å². The smallest absolute Gasteiger partial charge is 0.356 e. The van der Waals surface area contributed by atoms with Crippen molar-refractivity contribution in [1.29, 1.82) is 0 Å². The van der Waals surface area contributed by atoms with Crippen molar-refractivity contribution in [3.63, 3.8) is 0 Å². The van der Waals surface area contributed by atoms with Crippen molar-refractivity contribution < 1.29 is 14.7 Å². The summed E-state index contributed by atoms with van der Waals surface area (Å²) in [6.07, 6.45) is 0. The summed E-state index contributed by atoms with van der Waals surface area (Å²) < 4.78 is 0. The summed E-state index contributed by atoms with van der Waals surface area (Å²) >= 11 is 0.983. The van der Waals surface area contributed by atoms with Gasteiger partial charge in [0.1, 0.15) is 4.88 Å². The Morgan fingerprint density at radius 1 is 1.47 bits per heavy atom. The molecule has 0 saturated heterocycles. The van der Waals surface area contributed by atoms with Gasteiger partial charge in [-0.2, -0.15) is 5.21 Å². The third kappa shape index (κ3) is 2.73. The summed E-state index contributed by atoms with van der Waals surface area (Å²) in [4.78, 5) is 26.3. The number of carboxylic acid groups (broad SMARTS) is 1. The molecule has 0 aliphatic rings. The Kier molecular flexibility index (Phi) is 3.51. The van der Waals surface area contributed by atoms with Gasteiger partial charge < -0.3 is 10.4 Å². The van der Waals surface area contributed by atoms with Crippen LogP contribution in [0.4, 0.5) is 5.13 Å². The number of hydrogen-bond donors (Lipinski definition) is 3. The number of aromatic nitrogens is 5. The number of nitrogens with one attached hydrogen (secondary N) is 2. The van der Waals surface area contributed by atoms with Crippen LogP contribution in [-0.4, -0.2) is 42.5 Å². The Morgan fingerprint density at radius 3 is 2.68 bits per heavy atom. The number of anilines is 1. The summed E-state index contributed by atoms with van der Waals surface area (Å²) in [7, 11) is 0. The van der Waals surface area contributed by atoms with E-state index in [1.54, 1.807) is 6.92 Å². The molecule has 2 heterocycles. The number of thiazole rings is 1. The van der Waals surface area contributed by atoms with Crippen molar-refractivity contribution in [3.05, 3.63) is 16.4 Å². The summed E-state index contributed by atoms with van der Waals surface area (Å²) in [6.45, 7) is 3.06. The van der Waals surface area contributed by atoms with E-state index in [-0.39, 0.29) is 22.4 Å². The van der Waals surface area contributed by atoms with Gasteiger partial charge in [-0.05, 0) is 6.92 Å². The number of carbonyl (C=O) groups is 2. The summed E-state index contributed by atoms with van der Waals surface area (Å²) in [5.41, 5.74) is -0.250. The molecule has 0 aromatic carbocycles. The number of hydrogen-bond acceptors (Lipinski definition) is 8. The van der Waals surface area contributed by atoms with Crippen LogP contribution in [-0.2, 0) is 0 Å².